The number of hydrogen-bond donors (Lipinski definition) is 1. The van der Waals surface area contributed by atoms with Gasteiger partial charge in [-0.3, -0.25) is 0 Å². The number of rotatable bonds is 4. The Morgan fingerprint density at radius 1 is 1.59 bits per heavy atom. The van der Waals surface area contributed by atoms with Crippen LogP contribution in [0, 0.1) is 0 Å². The van der Waals surface area contributed by atoms with Crippen LogP contribution in [0.5, 0.6) is 5.88 Å². The molecule has 1 fully saturated rings. The largest absolute Gasteiger partial charge is 0.475 e. The summed E-state index contributed by atoms with van der Waals surface area (Å²) in [5, 5.41) is 0. The zero-order valence-corrected chi connectivity index (χ0v) is 10.3. The van der Waals surface area contributed by atoms with Crippen molar-refractivity contribution in [2.45, 2.75) is 38.3 Å². The van der Waals surface area contributed by atoms with Gasteiger partial charge in [0, 0.05) is 24.9 Å². The van der Waals surface area contributed by atoms with Crippen LogP contribution in [-0.4, -0.2) is 24.3 Å². The summed E-state index contributed by atoms with van der Waals surface area (Å²) in [6, 6.07) is 3.81. The lowest BCUT2D eigenvalue weighted by Gasteiger charge is -2.22. The van der Waals surface area contributed by atoms with Crippen LogP contribution in [0.3, 0.4) is 0 Å². The molecule has 0 aliphatic carbocycles. The number of ether oxygens (including phenoxy) is 2. The van der Waals surface area contributed by atoms with Crippen molar-refractivity contribution in [1.82, 2.24) is 4.98 Å². The van der Waals surface area contributed by atoms with Crippen LogP contribution in [-0.2, 0) is 4.74 Å². The zero-order valence-electron chi connectivity index (χ0n) is 10.3. The molecular weight excluding hydrogens is 216 g/mol. The predicted molar refractivity (Wildman–Crippen MR) is 65.9 cm³/mol. The summed E-state index contributed by atoms with van der Waals surface area (Å²) < 4.78 is 11.2. The van der Waals surface area contributed by atoms with Crippen molar-refractivity contribution >= 4 is 0 Å². The normalized spacial score (nSPS) is 22.1. The van der Waals surface area contributed by atoms with Crippen molar-refractivity contribution in [2.24, 2.45) is 5.73 Å². The van der Waals surface area contributed by atoms with E-state index in [1.807, 2.05) is 19.1 Å². The van der Waals surface area contributed by atoms with Crippen LogP contribution >= 0.6 is 0 Å². The van der Waals surface area contributed by atoms with E-state index in [2.05, 4.69) is 4.98 Å². The third-order valence-corrected chi connectivity index (χ3v) is 2.98. The van der Waals surface area contributed by atoms with Crippen molar-refractivity contribution in [2.75, 3.05) is 13.2 Å². The summed E-state index contributed by atoms with van der Waals surface area (Å²) in [4.78, 5) is 4.17. The minimum absolute atomic E-state index is 0.00582. The van der Waals surface area contributed by atoms with E-state index >= 15 is 0 Å². The number of aromatic nitrogens is 1. The molecule has 2 heterocycles. The molecule has 4 nitrogen and oxygen atoms in total. The minimum Gasteiger partial charge on any atom is -0.475 e. The van der Waals surface area contributed by atoms with Crippen molar-refractivity contribution in [1.29, 1.82) is 0 Å². The average molecular weight is 236 g/mol. The van der Waals surface area contributed by atoms with E-state index in [1.165, 1.54) is 6.42 Å². The molecule has 1 aliphatic heterocycles. The van der Waals surface area contributed by atoms with Crippen LogP contribution in [0.15, 0.2) is 18.3 Å². The molecule has 1 aromatic rings. The van der Waals surface area contributed by atoms with Crippen molar-refractivity contribution in [3.63, 3.8) is 0 Å². The minimum atomic E-state index is 0.00582. The lowest BCUT2D eigenvalue weighted by molar-refractivity contribution is -0.0119. The van der Waals surface area contributed by atoms with E-state index in [0.717, 1.165) is 25.0 Å². The topological polar surface area (TPSA) is 57.4 Å². The standard InChI is InChI=1S/C13H20N2O2/c1-10(14)11-5-6-15-13(8-11)17-9-12-4-2-3-7-16-12/h5-6,8,10,12H,2-4,7,9,14H2,1H3. The fourth-order valence-electron chi connectivity index (χ4n) is 1.90. The quantitative estimate of drug-likeness (QED) is 0.869. The van der Waals surface area contributed by atoms with Crippen LogP contribution in [0.1, 0.15) is 37.8 Å². The SMILES string of the molecule is CC(N)c1ccnc(OCC2CCCCO2)c1. The Bertz CT molecular complexity index is 349. The van der Waals surface area contributed by atoms with Crippen molar-refractivity contribution < 1.29 is 9.47 Å². The first-order valence-electron chi connectivity index (χ1n) is 6.21. The average Bonchev–Trinajstić information content (AvgIpc) is 2.38. The molecule has 2 N–H and O–H groups in total. The van der Waals surface area contributed by atoms with E-state index < -0.39 is 0 Å². The monoisotopic (exact) mass is 236 g/mol. The van der Waals surface area contributed by atoms with E-state index in [1.54, 1.807) is 6.20 Å². The highest BCUT2D eigenvalue weighted by molar-refractivity contribution is 5.22. The lowest BCUT2D eigenvalue weighted by atomic mass is 10.1. The maximum Gasteiger partial charge on any atom is 0.213 e. The molecule has 0 saturated carbocycles. The van der Waals surface area contributed by atoms with Gasteiger partial charge in [0.2, 0.25) is 5.88 Å². The zero-order chi connectivity index (χ0) is 12.1. The Labute approximate surface area is 102 Å². The van der Waals surface area contributed by atoms with Gasteiger partial charge in [-0.2, -0.15) is 0 Å². The maximum absolute atomic E-state index is 5.81. The Morgan fingerprint density at radius 3 is 3.18 bits per heavy atom. The highest BCUT2D eigenvalue weighted by Gasteiger charge is 2.14. The lowest BCUT2D eigenvalue weighted by Crippen LogP contribution is -2.26. The molecule has 4 heteroatoms. The molecule has 2 unspecified atom stereocenters. The Kier molecular flexibility index (Phi) is 4.34. The van der Waals surface area contributed by atoms with E-state index in [-0.39, 0.29) is 12.1 Å². The van der Waals surface area contributed by atoms with E-state index in [0.29, 0.717) is 12.5 Å². The van der Waals surface area contributed by atoms with Crippen LogP contribution in [0.2, 0.25) is 0 Å². The molecular formula is C13H20N2O2. The first-order valence-corrected chi connectivity index (χ1v) is 6.21. The molecule has 0 bridgehead atoms. The molecule has 0 aromatic carbocycles. The van der Waals surface area contributed by atoms with Gasteiger partial charge in [0.25, 0.3) is 0 Å². The molecule has 94 valence electrons. The van der Waals surface area contributed by atoms with Crippen molar-refractivity contribution in [3.05, 3.63) is 23.9 Å². The van der Waals surface area contributed by atoms with Gasteiger partial charge in [0.15, 0.2) is 0 Å². The third-order valence-electron chi connectivity index (χ3n) is 2.98. The van der Waals surface area contributed by atoms with Gasteiger partial charge < -0.3 is 15.2 Å². The van der Waals surface area contributed by atoms with Gasteiger partial charge >= 0.3 is 0 Å². The van der Waals surface area contributed by atoms with Gasteiger partial charge in [-0.05, 0) is 37.8 Å². The smallest absolute Gasteiger partial charge is 0.213 e. The van der Waals surface area contributed by atoms with Gasteiger partial charge in [-0.15, -0.1) is 0 Å². The molecule has 17 heavy (non-hydrogen) atoms. The molecule has 0 radical (unpaired) electrons. The van der Waals surface area contributed by atoms with E-state index in [4.69, 9.17) is 15.2 Å². The van der Waals surface area contributed by atoms with Crippen LogP contribution < -0.4 is 10.5 Å². The number of pyridine rings is 1. The Hall–Kier alpha value is -1.13. The summed E-state index contributed by atoms with van der Waals surface area (Å²) >= 11 is 0. The summed E-state index contributed by atoms with van der Waals surface area (Å²) in [5.74, 6) is 0.633. The molecule has 1 saturated heterocycles. The van der Waals surface area contributed by atoms with E-state index in [9.17, 15) is 0 Å². The summed E-state index contributed by atoms with van der Waals surface area (Å²) in [7, 11) is 0. The first-order chi connectivity index (χ1) is 8.25. The van der Waals surface area contributed by atoms with Gasteiger partial charge in [-0.25, -0.2) is 4.98 Å². The van der Waals surface area contributed by atoms with Gasteiger partial charge in [0.05, 0.1) is 6.10 Å². The number of nitrogens with two attached hydrogens (primary N) is 1. The molecule has 2 atom stereocenters. The first kappa shape index (κ1) is 12.3. The summed E-state index contributed by atoms with van der Waals surface area (Å²) in [6.07, 6.45) is 5.41. The molecule has 1 aliphatic rings. The van der Waals surface area contributed by atoms with Crippen LogP contribution in [0.4, 0.5) is 0 Å². The molecule has 0 amide bonds. The van der Waals surface area contributed by atoms with Crippen molar-refractivity contribution in [3.8, 4) is 5.88 Å². The molecule has 1 aromatic heterocycles. The Balaban J connectivity index is 1.87. The maximum atomic E-state index is 5.81. The highest BCUT2D eigenvalue weighted by atomic mass is 16.5. The molecule has 2 rings (SSSR count). The second-order valence-electron chi connectivity index (χ2n) is 4.52. The fraction of sp³-hybridized carbons (Fsp3) is 0.615. The summed E-state index contributed by atoms with van der Waals surface area (Å²) in [6.45, 7) is 3.38. The number of nitrogens with zero attached hydrogens (tertiary/aromatic N) is 1. The van der Waals surface area contributed by atoms with Crippen LogP contribution in [0.25, 0.3) is 0 Å². The van der Waals surface area contributed by atoms with Gasteiger partial charge in [-0.1, -0.05) is 0 Å². The Morgan fingerprint density at radius 2 is 2.47 bits per heavy atom. The highest BCUT2D eigenvalue weighted by Crippen LogP contribution is 2.17. The summed E-state index contributed by atoms with van der Waals surface area (Å²) in [5.41, 5.74) is 6.85. The molecule has 0 spiro atoms. The fourth-order valence-corrected chi connectivity index (χ4v) is 1.90. The third kappa shape index (κ3) is 3.68. The second kappa shape index (κ2) is 5.98. The van der Waals surface area contributed by atoms with Gasteiger partial charge in [0.1, 0.15) is 6.61 Å². The second-order valence-corrected chi connectivity index (χ2v) is 4.52. The predicted octanol–water partition coefficient (Wildman–Crippen LogP) is 2.05. The number of hydrogen-bond acceptors (Lipinski definition) is 4.